The van der Waals surface area contributed by atoms with Crippen LogP contribution in [0.2, 0.25) is 0 Å². The Morgan fingerprint density at radius 3 is 2.21 bits per heavy atom. The molecule has 39 heavy (non-hydrogen) atoms. The van der Waals surface area contributed by atoms with Crippen LogP contribution in [0.15, 0.2) is 36.4 Å². The normalized spacial score (nSPS) is 22.7. The number of aromatic nitrogens is 1. The van der Waals surface area contributed by atoms with Crippen LogP contribution in [0.25, 0.3) is 22.2 Å². The molecule has 1 amide bonds. The molecule has 3 saturated heterocycles. The molecule has 6 rings (SSSR count). The van der Waals surface area contributed by atoms with Crippen molar-refractivity contribution in [3.05, 3.63) is 58.7 Å². The van der Waals surface area contributed by atoms with Crippen molar-refractivity contribution >= 4 is 22.6 Å². The summed E-state index contributed by atoms with van der Waals surface area (Å²) < 4.78 is 0. The summed E-state index contributed by atoms with van der Waals surface area (Å²) in [7, 11) is 0. The van der Waals surface area contributed by atoms with Crippen molar-refractivity contribution in [3.63, 3.8) is 0 Å². The van der Waals surface area contributed by atoms with Gasteiger partial charge in [-0.05, 0) is 100 Å². The lowest BCUT2D eigenvalue weighted by atomic mass is 9.81. The van der Waals surface area contributed by atoms with Crippen LogP contribution in [0.4, 0.5) is 0 Å². The lowest BCUT2D eigenvalue weighted by Gasteiger charge is -2.33. The minimum Gasteiger partial charge on any atom is -0.354 e. The zero-order valence-electron chi connectivity index (χ0n) is 24.3. The van der Waals surface area contributed by atoms with Crippen LogP contribution in [0.5, 0.6) is 0 Å². The van der Waals surface area contributed by atoms with Crippen molar-refractivity contribution in [2.75, 3.05) is 19.6 Å². The first-order chi connectivity index (χ1) is 18.6. The van der Waals surface area contributed by atoms with Crippen molar-refractivity contribution in [1.82, 2.24) is 14.8 Å². The van der Waals surface area contributed by atoms with E-state index in [4.69, 9.17) is 0 Å². The average Bonchev–Trinajstić information content (AvgIpc) is 3.61. The second-order valence-electron chi connectivity index (χ2n) is 13.1. The molecule has 3 aromatic rings. The highest BCUT2D eigenvalue weighted by Crippen LogP contribution is 2.43. The third-order valence-corrected chi connectivity index (χ3v) is 9.73. The zero-order chi connectivity index (χ0) is 27.5. The summed E-state index contributed by atoms with van der Waals surface area (Å²) in [6.07, 6.45) is 5.95. The van der Waals surface area contributed by atoms with Crippen molar-refractivity contribution in [3.8, 4) is 11.3 Å². The molecule has 0 spiro atoms. The van der Waals surface area contributed by atoms with E-state index in [2.05, 4.69) is 85.8 Å². The number of nitrogens with zero attached hydrogens (tertiary/aromatic N) is 2. The summed E-state index contributed by atoms with van der Waals surface area (Å²) >= 11 is 0. The number of ketones is 1. The number of H-pyrrole nitrogens is 1. The molecule has 1 atom stereocenters. The van der Waals surface area contributed by atoms with E-state index < -0.39 is 5.41 Å². The van der Waals surface area contributed by atoms with E-state index in [1.54, 1.807) is 0 Å². The molecule has 2 aromatic carbocycles. The van der Waals surface area contributed by atoms with Gasteiger partial charge in [0.1, 0.15) is 5.78 Å². The molecule has 5 nitrogen and oxygen atoms in total. The highest BCUT2D eigenvalue weighted by Gasteiger charge is 2.47. The Morgan fingerprint density at radius 1 is 0.974 bits per heavy atom. The van der Waals surface area contributed by atoms with Crippen molar-refractivity contribution in [2.45, 2.75) is 96.6 Å². The number of piperidine rings is 1. The van der Waals surface area contributed by atoms with Crippen LogP contribution in [-0.4, -0.2) is 58.2 Å². The van der Waals surface area contributed by atoms with E-state index in [0.29, 0.717) is 30.7 Å². The third-order valence-electron chi connectivity index (χ3n) is 9.73. The Kier molecular flexibility index (Phi) is 6.69. The summed E-state index contributed by atoms with van der Waals surface area (Å²) in [5.74, 6) is 0.931. The van der Waals surface area contributed by atoms with Crippen LogP contribution >= 0.6 is 0 Å². The Balaban J connectivity index is 1.42. The van der Waals surface area contributed by atoms with Gasteiger partial charge in [-0.25, -0.2) is 0 Å². The van der Waals surface area contributed by atoms with Gasteiger partial charge in [0, 0.05) is 55.5 Å². The smallest absolute Gasteiger partial charge is 0.233 e. The predicted octanol–water partition coefficient (Wildman–Crippen LogP) is 6.65. The molecule has 1 aromatic heterocycles. The number of carbonyl (C=O) groups excluding carboxylic acids is 2. The molecule has 3 aliphatic heterocycles. The minimum atomic E-state index is -0.579. The number of rotatable bonds is 6. The predicted molar refractivity (Wildman–Crippen MR) is 158 cm³/mol. The van der Waals surface area contributed by atoms with Gasteiger partial charge in [0.25, 0.3) is 0 Å². The number of hydrogen-bond acceptors (Lipinski definition) is 3. The molecule has 2 bridgehead atoms. The van der Waals surface area contributed by atoms with Gasteiger partial charge in [-0.3, -0.25) is 9.59 Å². The number of carbonyl (C=O) groups is 2. The molecular weight excluding hydrogens is 482 g/mol. The van der Waals surface area contributed by atoms with Crippen LogP contribution in [-0.2, 0) is 15.0 Å². The highest BCUT2D eigenvalue weighted by molar-refractivity contribution is 5.95. The van der Waals surface area contributed by atoms with E-state index >= 15 is 0 Å². The van der Waals surface area contributed by atoms with E-state index in [9.17, 15) is 9.59 Å². The molecule has 4 heterocycles. The number of amides is 1. The van der Waals surface area contributed by atoms with Gasteiger partial charge < -0.3 is 14.8 Å². The molecule has 5 heteroatoms. The van der Waals surface area contributed by atoms with E-state index in [0.717, 1.165) is 56.4 Å². The average molecular weight is 526 g/mol. The SMILES string of the molecule is Cc1cc(C)cc(-c2[nH]c3ccc(C(C)(C)C(=O)N4C5CCC4CC5)cc3c2[C@H](C)CN2CCC(=O)CC2)c1. The number of nitrogens with one attached hydrogen (secondary N) is 1. The summed E-state index contributed by atoms with van der Waals surface area (Å²) in [4.78, 5) is 34.3. The standard InChI is InChI=1S/C34H43N3O2/c1-21-16-22(2)18-24(17-21)32-31(23(3)20-36-14-12-28(38)13-15-36)29-19-25(6-11-30(29)35-32)34(4,5)33(39)37-26-7-8-27(37)10-9-26/h6,11,16-19,23,26-27,35H,7-10,12-15,20H2,1-5H3/t23-,26?,27?/m1/s1. The summed E-state index contributed by atoms with van der Waals surface area (Å²) in [5.41, 5.74) is 7.85. The zero-order valence-corrected chi connectivity index (χ0v) is 24.3. The molecule has 3 aliphatic rings. The number of likely N-dealkylation sites (tertiary alicyclic amines) is 1. The Labute approximate surface area is 233 Å². The maximum absolute atomic E-state index is 14.0. The summed E-state index contributed by atoms with van der Waals surface area (Å²) in [6.45, 7) is 13.5. The van der Waals surface area contributed by atoms with Crippen LogP contribution in [0.1, 0.15) is 87.5 Å². The lowest BCUT2D eigenvalue weighted by Crippen LogP contribution is -2.45. The number of aryl methyl sites for hydroxylation is 2. The topological polar surface area (TPSA) is 56.4 Å². The van der Waals surface area contributed by atoms with Crippen molar-refractivity contribution in [1.29, 1.82) is 0 Å². The van der Waals surface area contributed by atoms with E-state index in [1.807, 2.05) is 0 Å². The van der Waals surface area contributed by atoms with E-state index in [-0.39, 0.29) is 11.8 Å². The fourth-order valence-electron chi connectivity index (χ4n) is 7.61. The van der Waals surface area contributed by atoms with Crippen LogP contribution < -0.4 is 0 Å². The molecular formula is C34H43N3O2. The van der Waals surface area contributed by atoms with Crippen molar-refractivity contribution < 1.29 is 9.59 Å². The number of fused-ring (bicyclic) bond motifs is 3. The summed E-state index contributed by atoms with van der Waals surface area (Å²) in [6, 6.07) is 14.2. The maximum atomic E-state index is 14.0. The number of benzene rings is 2. The number of aromatic amines is 1. The Morgan fingerprint density at radius 2 is 1.59 bits per heavy atom. The molecule has 3 fully saturated rings. The van der Waals surface area contributed by atoms with Crippen molar-refractivity contribution in [2.24, 2.45) is 0 Å². The first-order valence-electron chi connectivity index (χ1n) is 14.9. The third kappa shape index (κ3) is 4.73. The molecule has 0 aliphatic carbocycles. The van der Waals surface area contributed by atoms with Gasteiger partial charge >= 0.3 is 0 Å². The second kappa shape index (κ2) is 9.92. The highest BCUT2D eigenvalue weighted by atomic mass is 16.2. The van der Waals surface area contributed by atoms with Gasteiger partial charge in [0.2, 0.25) is 5.91 Å². The fourth-order valence-corrected chi connectivity index (χ4v) is 7.61. The monoisotopic (exact) mass is 525 g/mol. The van der Waals surface area contributed by atoms with Gasteiger partial charge in [-0.15, -0.1) is 0 Å². The van der Waals surface area contributed by atoms with Crippen LogP contribution in [0.3, 0.4) is 0 Å². The number of hydrogen-bond donors (Lipinski definition) is 1. The lowest BCUT2D eigenvalue weighted by molar-refractivity contribution is -0.137. The molecule has 206 valence electrons. The first-order valence-corrected chi connectivity index (χ1v) is 14.9. The quantitative estimate of drug-likeness (QED) is 0.392. The molecule has 0 unspecified atom stereocenters. The Bertz CT molecular complexity index is 1380. The minimum absolute atomic E-state index is 0.270. The summed E-state index contributed by atoms with van der Waals surface area (Å²) in [5, 5.41) is 1.22. The van der Waals surface area contributed by atoms with Crippen LogP contribution in [0, 0.1) is 13.8 Å². The van der Waals surface area contributed by atoms with Gasteiger partial charge in [0.15, 0.2) is 0 Å². The van der Waals surface area contributed by atoms with Gasteiger partial charge in [0.05, 0.1) is 11.1 Å². The van der Waals surface area contributed by atoms with Gasteiger partial charge in [-0.2, -0.15) is 0 Å². The Hall–Kier alpha value is -2.92. The largest absolute Gasteiger partial charge is 0.354 e. The maximum Gasteiger partial charge on any atom is 0.233 e. The molecule has 1 N–H and O–H groups in total. The number of Topliss-reactive ketones (excluding diaryl/α,β-unsaturated/α-hetero) is 1. The fraction of sp³-hybridized carbons (Fsp3) is 0.529. The molecule has 0 saturated carbocycles. The van der Waals surface area contributed by atoms with Gasteiger partial charge in [-0.1, -0.05) is 30.2 Å². The second-order valence-corrected chi connectivity index (χ2v) is 13.1. The molecule has 0 radical (unpaired) electrons. The first kappa shape index (κ1) is 26.3. The van der Waals surface area contributed by atoms with E-state index in [1.165, 1.54) is 33.3 Å².